The summed E-state index contributed by atoms with van der Waals surface area (Å²) in [4.78, 5) is 34.9. The highest BCUT2D eigenvalue weighted by atomic mass is 16.5. The maximum atomic E-state index is 13.3. The van der Waals surface area contributed by atoms with E-state index in [1.807, 2.05) is 6.07 Å². The van der Waals surface area contributed by atoms with Crippen molar-refractivity contribution < 1.29 is 14.3 Å². The molecule has 3 aliphatic heterocycles. The van der Waals surface area contributed by atoms with Crippen molar-refractivity contribution in [3.8, 4) is 11.5 Å². The summed E-state index contributed by atoms with van der Waals surface area (Å²) < 4.78 is 13.2. The smallest absolute Gasteiger partial charge is 0.350 e. The molecule has 0 radical (unpaired) electrons. The summed E-state index contributed by atoms with van der Waals surface area (Å²) in [6.07, 6.45) is 9.37. The van der Waals surface area contributed by atoms with Crippen LogP contribution in [0.1, 0.15) is 68.9 Å². The third kappa shape index (κ3) is 6.49. The number of hydrogen-bond acceptors (Lipinski definition) is 9. The van der Waals surface area contributed by atoms with E-state index >= 15 is 0 Å². The van der Waals surface area contributed by atoms with E-state index in [9.17, 15) is 9.59 Å². The van der Waals surface area contributed by atoms with Crippen molar-refractivity contribution >= 4 is 17.4 Å². The van der Waals surface area contributed by atoms with Crippen molar-refractivity contribution in [1.82, 2.24) is 24.7 Å². The van der Waals surface area contributed by atoms with E-state index in [1.54, 1.807) is 17.9 Å². The maximum Gasteiger partial charge on any atom is 0.350 e. The second-order valence-electron chi connectivity index (χ2n) is 12.3. The van der Waals surface area contributed by atoms with Crippen molar-refractivity contribution in [3.05, 3.63) is 40.4 Å². The third-order valence-corrected chi connectivity index (χ3v) is 9.55. The molecule has 4 heterocycles. The first-order valence-corrected chi connectivity index (χ1v) is 15.7. The van der Waals surface area contributed by atoms with Crippen LogP contribution in [0.4, 0.5) is 11.5 Å². The summed E-state index contributed by atoms with van der Waals surface area (Å²) in [5, 5.41) is 6.74. The fourth-order valence-electron chi connectivity index (χ4n) is 7.02. The third-order valence-electron chi connectivity index (χ3n) is 9.55. The minimum absolute atomic E-state index is 0.113. The van der Waals surface area contributed by atoms with Crippen LogP contribution in [0.15, 0.2) is 29.2 Å². The van der Waals surface area contributed by atoms with E-state index in [4.69, 9.17) is 15.2 Å². The lowest BCUT2D eigenvalue weighted by Crippen LogP contribution is -2.51. The van der Waals surface area contributed by atoms with Crippen molar-refractivity contribution in [3.63, 3.8) is 0 Å². The fraction of sp³-hybridized carbons (Fsp3) is 0.645. The van der Waals surface area contributed by atoms with Gasteiger partial charge in [0.15, 0.2) is 17.3 Å². The predicted octanol–water partition coefficient (Wildman–Crippen LogP) is 2.94. The maximum absolute atomic E-state index is 13.3. The number of rotatable bonds is 8. The Balaban J connectivity index is 1.06. The number of hydrogen-bond donors (Lipinski definition) is 3. The molecule has 1 amide bonds. The van der Waals surface area contributed by atoms with Crippen molar-refractivity contribution in [2.24, 2.45) is 5.73 Å². The molecule has 0 atom stereocenters. The molecule has 3 fully saturated rings. The highest BCUT2D eigenvalue weighted by molar-refractivity contribution is 5.78. The first-order valence-electron chi connectivity index (χ1n) is 15.7. The van der Waals surface area contributed by atoms with Gasteiger partial charge < -0.3 is 30.7 Å². The number of likely N-dealkylation sites (tertiary alicyclic amines) is 1. The Hall–Kier alpha value is -2.99. The molecule has 42 heavy (non-hydrogen) atoms. The zero-order valence-electron chi connectivity index (χ0n) is 24.7. The number of fused-ring (bicyclic) bond motifs is 2. The molecule has 4 aliphatic rings. The SMILES string of the molecule is COCCN(C(=O)CN1CCC(c2ccc3c(c2)Nc2nc(=O)n(C4CCC(N)CC4)cc2O3)CC1)C1CCNCC1. The van der Waals surface area contributed by atoms with Crippen LogP contribution in [0.3, 0.4) is 0 Å². The molecule has 0 bridgehead atoms. The van der Waals surface area contributed by atoms with Gasteiger partial charge in [-0.25, -0.2) is 4.79 Å². The van der Waals surface area contributed by atoms with Crippen LogP contribution in [0.25, 0.3) is 0 Å². The number of aromatic nitrogens is 2. The zero-order valence-corrected chi connectivity index (χ0v) is 24.7. The average molecular weight is 580 g/mol. The Labute approximate surface area is 247 Å². The van der Waals surface area contributed by atoms with E-state index in [-0.39, 0.29) is 23.7 Å². The molecule has 1 aliphatic carbocycles. The Morgan fingerprint density at radius 3 is 2.60 bits per heavy atom. The van der Waals surface area contributed by atoms with Crippen LogP contribution in [-0.4, -0.2) is 90.3 Å². The number of nitrogens with one attached hydrogen (secondary N) is 2. The van der Waals surface area contributed by atoms with Crippen molar-refractivity contribution in [2.45, 2.75) is 75.4 Å². The molecule has 1 aromatic heterocycles. The van der Waals surface area contributed by atoms with E-state index in [0.717, 1.165) is 89.0 Å². The minimum Gasteiger partial charge on any atom is -0.450 e. The van der Waals surface area contributed by atoms with Crippen LogP contribution in [0.2, 0.25) is 0 Å². The summed E-state index contributed by atoms with van der Waals surface area (Å²) in [6, 6.07) is 6.91. The van der Waals surface area contributed by atoms with Gasteiger partial charge in [0.05, 0.1) is 25.0 Å². The van der Waals surface area contributed by atoms with Gasteiger partial charge in [-0.15, -0.1) is 0 Å². The summed E-state index contributed by atoms with van der Waals surface area (Å²) in [5.74, 6) is 2.39. The summed E-state index contributed by atoms with van der Waals surface area (Å²) >= 11 is 0. The Morgan fingerprint density at radius 2 is 1.86 bits per heavy atom. The van der Waals surface area contributed by atoms with Gasteiger partial charge in [0, 0.05) is 31.8 Å². The number of nitrogens with two attached hydrogens (primary N) is 1. The highest BCUT2D eigenvalue weighted by Gasteiger charge is 2.30. The first kappa shape index (κ1) is 29.1. The van der Waals surface area contributed by atoms with Gasteiger partial charge in [0.1, 0.15) is 0 Å². The summed E-state index contributed by atoms with van der Waals surface area (Å²) in [7, 11) is 1.69. The van der Waals surface area contributed by atoms with Gasteiger partial charge in [-0.2, -0.15) is 4.98 Å². The summed E-state index contributed by atoms with van der Waals surface area (Å²) in [6.45, 7) is 5.39. The molecular weight excluding hydrogens is 534 g/mol. The lowest BCUT2D eigenvalue weighted by Gasteiger charge is -2.37. The number of methoxy groups -OCH3 is 1. The number of ether oxygens (including phenoxy) is 2. The van der Waals surface area contributed by atoms with E-state index in [0.29, 0.717) is 43.2 Å². The standard InChI is InChI=1S/C31H45N7O4/c1-41-17-16-37(25-8-12-33-13-9-25)29(39)20-36-14-10-21(11-15-36)22-2-7-27-26(18-22)34-30-28(42-27)19-38(31(40)35-30)24-5-3-23(32)4-6-24/h2,7,18-19,21,23-25,33H,3-6,8-17,20,32H2,1H3,(H,34,35,40). The molecule has 11 nitrogen and oxygen atoms in total. The molecule has 0 unspecified atom stereocenters. The molecule has 4 N–H and O–H groups in total. The number of carbonyl (C=O) groups is 1. The van der Waals surface area contributed by atoms with Gasteiger partial charge in [-0.05, 0) is 101 Å². The van der Waals surface area contributed by atoms with Gasteiger partial charge >= 0.3 is 5.69 Å². The molecule has 11 heteroatoms. The van der Waals surface area contributed by atoms with Crippen LogP contribution >= 0.6 is 0 Å². The molecule has 2 aromatic rings. The molecule has 2 saturated heterocycles. The second-order valence-corrected chi connectivity index (χ2v) is 12.3. The number of amides is 1. The molecule has 228 valence electrons. The van der Waals surface area contributed by atoms with E-state index in [2.05, 4.69) is 37.6 Å². The van der Waals surface area contributed by atoms with Crippen LogP contribution in [-0.2, 0) is 9.53 Å². The number of benzene rings is 1. The van der Waals surface area contributed by atoms with E-state index < -0.39 is 0 Å². The molecule has 6 rings (SSSR count). The predicted molar refractivity (Wildman–Crippen MR) is 162 cm³/mol. The normalized spacial score (nSPS) is 23.4. The van der Waals surface area contributed by atoms with Crippen LogP contribution in [0.5, 0.6) is 11.5 Å². The monoisotopic (exact) mass is 579 g/mol. The van der Waals surface area contributed by atoms with Crippen molar-refractivity contribution in [1.29, 1.82) is 0 Å². The second kappa shape index (κ2) is 13.1. The number of piperidine rings is 2. The zero-order chi connectivity index (χ0) is 29.1. The topological polar surface area (TPSA) is 127 Å². The molecule has 0 spiro atoms. The Morgan fingerprint density at radius 1 is 1.10 bits per heavy atom. The van der Waals surface area contributed by atoms with Crippen LogP contribution in [0, 0.1) is 0 Å². The number of anilines is 2. The average Bonchev–Trinajstić information content (AvgIpc) is 3.01. The first-order chi connectivity index (χ1) is 20.5. The van der Waals surface area contributed by atoms with Crippen molar-refractivity contribution in [2.75, 3.05) is 58.3 Å². The van der Waals surface area contributed by atoms with Gasteiger partial charge in [0.25, 0.3) is 0 Å². The minimum atomic E-state index is -0.257. The molecular formula is C31H45N7O4. The molecule has 1 aromatic carbocycles. The van der Waals surface area contributed by atoms with Crippen LogP contribution < -0.4 is 26.8 Å². The Bertz CT molecular complexity index is 1290. The number of nitrogens with zero attached hydrogens (tertiary/aromatic N) is 4. The largest absolute Gasteiger partial charge is 0.450 e. The van der Waals surface area contributed by atoms with Gasteiger partial charge in [0.2, 0.25) is 5.91 Å². The number of carbonyl (C=O) groups excluding carboxylic acids is 1. The fourth-order valence-corrected chi connectivity index (χ4v) is 7.02. The summed E-state index contributed by atoms with van der Waals surface area (Å²) in [5.41, 5.74) is 7.88. The lowest BCUT2D eigenvalue weighted by atomic mass is 9.89. The van der Waals surface area contributed by atoms with E-state index in [1.165, 1.54) is 5.56 Å². The Kier molecular flexibility index (Phi) is 9.09. The van der Waals surface area contributed by atoms with Gasteiger partial charge in [-0.3, -0.25) is 14.3 Å². The molecule has 1 saturated carbocycles. The highest BCUT2D eigenvalue weighted by Crippen LogP contribution is 2.43. The van der Waals surface area contributed by atoms with Gasteiger partial charge in [-0.1, -0.05) is 6.07 Å². The lowest BCUT2D eigenvalue weighted by molar-refractivity contribution is -0.136. The quantitative estimate of drug-likeness (QED) is 0.369.